The van der Waals surface area contributed by atoms with Gasteiger partial charge in [-0.1, -0.05) is 12.1 Å². The van der Waals surface area contributed by atoms with Crippen LogP contribution in [0.1, 0.15) is 18.7 Å². The van der Waals surface area contributed by atoms with E-state index < -0.39 is 0 Å². The molecule has 17 heavy (non-hydrogen) atoms. The van der Waals surface area contributed by atoms with E-state index in [0.717, 1.165) is 5.75 Å². The molecule has 0 bridgehead atoms. The second kappa shape index (κ2) is 4.51. The van der Waals surface area contributed by atoms with Crippen molar-refractivity contribution >= 4 is 11.3 Å². The molecule has 0 unspecified atom stereocenters. The first-order valence-corrected chi connectivity index (χ1v) is 6.36. The van der Waals surface area contributed by atoms with E-state index >= 15 is 0 Å². The first kappa shape index (κ1) is 12.1. The van der Waals surface area contributed by atoms with Gasteiger partial charge in [-0.3, -0.25) is 0 Å². The van der Waals surface area contributed by atoms with Crippen molar-refractivity contribution in [2.45, 2.75) is 19.4 Å². The Morgan fingerprint density at radius 3 is 2.53 bits per heavy atom. The Morgan fingerprint density at radius 2 is 1.94 bits per heavy atom. The Labute approximate surface area is 106 Å². The number of methoxy groups -OCH3 is 1. The Balaban J connectivity index is 2.37. The van der Waals surface area contributed by atoms with Crippen LogP contribution in [0.5, 0.6) is 5.75 Å². The van der Waals surface area contributed by atoms with Crippen LogP contribution in [0, 0.1) is 0 Å². The molecule has 1 aromatic heterocycles. The van der Waals surface area contributed by atoms with Gasteiger partial charge in [0.2, 0.25) is 0 Å². The van der Waals surface area contributed by atoms with Gasteiger partial charge in [0.1, 0.15) is 5.75 Å². The summed E-state index contributed by atoms with van der Waals surface area (Å²) >= 11 is 1.73. The van der Waals surface area contributed by atoms with Crippen molar-refractivity contribution < 1.29 is 4.74 Å². The number of nitrogens with two attached hydrogens (primary N) is 1. The molecule has 0 spiro atoms. The molecule has 0 radical (unpaired) electrons. The first-order valence-electron chi connectivity index (χ1n) is 5.54. The highest BCUT2D eigenvalue weighted by atomic mass is 32.1. The van der Waals surface area contributed by atoms with Crippen molar-refractivity contribution in [3.05, 3.63) is 41.3 Å². The average molecular weight is 247 g/mol. The molecule has 2 nitrogen and oxygen atoms in total. The van der Waals surface area contributed by atoms with E-state index in [2.05, 4.69) is 18.2 Å². The highest BCUT2D eigenvalue weighted by molar-refractivity contribution is 7.15. The van der Waals surface area contributed by atoms with Crippen LogP contribution < -0.4 is 10.5 Å². The third kappa shape index (κ3) is 2.68. The predicted octanol–water partition coefficient (Wildman–Crippen LogP) is 3.62. The molecule has 0 atom stereocenters. The lowest BCUT2D eigenvalue weighted by molar-refractivity contribution is 0.415. The molecule has 1 heterocycles. The zero-order valence-electron chi connectivity index (χ0n) is 10.4. The first-order chi connectivity index (χ1) is 8.00. The zero-order valence-corrected chi connectivity index (χ0v) is 11.2. The van der Waals surface area contributed by atoms with Crippen molar-refractivity contribution in [1.82, 2.24) is 0 Å². The number of rotatable bonds is 3. The molecular formula is C14H17NOS. The minimum atomic E-state index is -0.276. The summed E-state index contributed by atoms with van der Waals surface area (Å²) in [6.45, 7) is 4.04. The second-order valence-electron chi connectivity index (χ2n) is 4.62. The Kier molecular flexibility index (Phi) is 3.22. The zero-order chi connectivity index (χ0) is 12.5. The van der Waals surface area contributed by atoms with E-state index in [1.807, 2.05) is 32.0 Å². The van der Waals surface area contributed by atoms with Gasteiger partial charge in [0, 0.05) is 15.3 Å². The summed E-state index contributed by atoms with van der Waals surface area (Å²) in [7, 11) is 1.68. The van der Waals surface area contributed by atoms with Crippen molar-refractivity contribution in [2.75, 3.05) is 7.11 Å². The second-order valence-corrected chi connectivity index (χ2v) is 5.70. The van der Waals surface area contributed by atoms with Crippen LogP contribution in [0.2, 0.25) is 0 Å². The van der Waals surface area contributed by atoms with E-state index in [4.69, 9.17) is 10.5 Å². The standard InChI is InChI=1S/C14H17NOS/c1-14(2,15)13-8-7-12(17-13)10-5-4-6-11(9-10)16-3/h4-9H,15H2,1-3H3. The highest BCUT2D eigenvalue weighted by Gasteiger charge is 2.16. The smallest absolute Gasteiger partial charge is 0.119 e. The largest absolute Gasteiger partial charge is 0.497 e. The molecule has 2 aromatic rings. The Morgan fingerprint density at radius 1 is 1.18 bits per heavy atom. The molecule has 0 aliphatic heterocycles. The summed E-state index contributed by atoms with van der Waals surface area (Å²) in [5.41, 5.74) is 6.99. The fourth-order valence-corrected chi connectivity index (χ4v) is 2.63. The van der Waals surface area contributed by atoms with Gasteiger partial charge in [0.05, 0.1) is 7.11 Å². The Bertz CT molecular complexity index is 511. The van der Waals surface area contributed by atoms with Gasteiger partial charge in [-0.25, -0.2) is 0 Å². The number of benzene rings is 1. The topological polar surface area (TPSA) is 35.2 Å². The summed E-state index contributed by atoms with van der Waals surface area (Å²) < 4.78 is 5.23. The summed E-state index contributed by atoms with van der Waals surface area (Å²) in [6, 6.07) is 12.3. The number of hydrogen-bond acceptors (Lipinski definition) is 3. The molecule has 0 aliphatic carbocycles. The molecule has 0 saturated heterocycles. The predicted molar refractivity (Wildman–Crippen MR) is 73.5 cm³/mol. The van der Waals surface area contributed by atoms with Crippen molar-refractivity contribution in [1.29, 1.82) is 0 Å². The fraction of sp³-hybridized carbons (Fsp3) is 0.286. The van der Waals surface area contributed by atoms with E-state index in [1.54, 1.807) is 18.4 Å². The van der Waals surface area contributed by atoms with Crippen LogP contribution in [-0.4, -0.2) is 7.11 Å². The minimum Gasteiger partial charge on any atom is -0.497 e. The normalized spacial score (nSPS) is 11.5. The van der Waals surface area contributed by atoms with Crippen LogP contribution in [0.3, 0.4) is 0 Å². The monoisotopic (exact) mass is 247 g/mol. The van der Waals surface area contributed by atoms with E-state index in [1.165, 1.54) is 15.3 Å². The summed E-state index contributed by atoms with van der Waals surface area (Å²) in [5.74, 6) is 0.879. The van der Waals surface area contributed by atoms with Crippen molar-refractivity contribution in [2.24, 2.45) is 5.73 Å². The summed E-state index contributed by atoms with van der Waals surface area (Å²) in [6.07, 6.45) is 0. The van der Waals surface area contributed by atoms with Gasteiger partial charge in [-0.05, 0) is 43.7 Å². The van der Waals surface area contributed by atoms with Crippen LogP contribution >= 0.6 is 11.3 Å². The molecule has 0 fully saturated rings. The van der Waals surface area contributed by atoms with Gasteiger partial charge in [0.25, 0.3) is 0 Å². The van der Waals surface area contributed by atoms with E-state index in [-0.39, 0.29) is 5.54 Å². The lowest BCUT2D eigenvalue weighted by atomic mass is 10.1. The van der Waals surface area contributed by atoms with Gasteiger partial charge in [0.15, 0.2) is 0 Å². The van der Waals surface area contributed by atoms with Crippen LogP contribution in [0.25, 0.3) is 10.4 Å². The minimum absolute atomic E-state index is 0.276. The van der Waals surface area contributed by atoms with Gasteiger partial charge in [-0.2, -0.15) is 0 Å². The molecule has 1 aromatic carbocycles. The fourth-order valence-electron chi connectivity index (χ4n) is 1.62. The molecule has 90 valence electrons. The molecule has 0 aliphatic rings. The molecule has 0 saturated carbocycles. The molecule has 2 rings (SSSR count). The van der Waals surface area contributed by atoms with Crippen molar-refractivity contribution in [3.63, 3.8) is 0 Å². The third-order valence-corrected chi connectivity index (χ3v) is 4.07. The quantitative estimate of drug-likeness (QED) is 0.899. The maximum atomic E-state index is 6.09. The molecule has 2 N–H and O–H groups in total. The maximum absolute atomic E-state index is 6.09. The Hall–Kier alpha value is -1.32. The third-order valence-electron chi connectivity index (χ3n) is 2.60. The lowest BCUT2D eigenvalue weighted by Gasteiger charge is -2.15. The SMILES string of the molecule is COc1cccc(-c2ccc(C(C)(C)N)s2)c1. The molecular weight excluding hydrogens is 230 g/mol. The van der Waals surface area contributed by atoms with Crippen molar-refractivity contribution in [3.8, 4) is 16.2 Å². The highest BCUT2D eigenvalue weighted by Crippen LogP contribution is 2.34. The van der Waals surface area contributed by atoms with Gasteiger partial charge in [-0.15, -0.1) is 11.3 Å². The van der Waals surface area contributed by atoms with Crippen LogP contribution in [-0.2, 0) is 5.54 Å². The van der Waals surface area contributed by atoms with Gasteiger partial charge < -0.3 is 10.5 Å². The van der Waals surface area contributed by atoms with E-state index in [9.17, 15) is 0 Å². The van der Waals surface area contributed by atoms with Crippen LogP contribution in [0.4, 0.5) is 0 Å². The summed E-state index contributed by atoms with van der Waals surface area (Å²) in [5, 5.41) is 0. The average Bonchev–Trinajstić information content (AvgIpc) is 2.78. The number of hydrogen-bond donors (Lipinski definition) is 1. The molecule has 3 heteroatoms. The number of ether oxygens (including phenoxy) is 1. The van der Waals surface area contributed by atoms with Crippen LogP contribution in [0.15, 0.2) is 36.4 Å². The summed E-state index contributed by atoms with van der Waals surface area (Å²) in [4.78, 5) is 2.41. The molecule has 0 amide bonds. The van der Waals surface area contributed by atoms with Gasteiger partial charge >= 0.3 is 0 Å². The van der Waals surface area contributed by atoms with E-state index in [0.29, 0.717) is 0 Å². The lowest BCUT2D eigenvalue weighted by Crippen LogP contribution is -2.27. The number of thiophene rings is 1. The maximum Gasteiger partial charge on any atom is 0.119 e.